The third-order valence-corrected chi connectivity index (χ3v) is 6.60. The molecule has 0 aliphatic heterocycles. The van der Waals surface area contributed by atoms with Gasteiger partial charge in [0, 0.05) is 12.7 Å². The number of furan rings is 1. The molecule has 0 unspecified atom stereocenters. The van der Waals surface area contributed by atoms with Crippen LogP contribution in [0.15, 0.2) is 76.5 Å². The summed E-state index contributed by atoms with van der Waals surface area (Å²) < 4.78 is 7.46. The van der Waals surface area contributed by atoms with Crippen LogP contribution in [0.2, 0.25) is 0 Å². The maximum atomic E-state index is 12.8. The van der Waals surface area contributed by atoms with E-state index in [2.05, 4.69) is 15.5 Å². The van der Waals surface area contributed by atoms with Gasteiger partial charge in [0.15, 0.2) is 10.9 Å². The second kappa shape index (κ2) is 11.1. The third-order valence-electron chi connectivity index (χ3n) is 5.65. The van der Waals surface area contributed by atoms with Crippen molar-refractivity contribution in [2.24, 2.45) is 0 Å². The largest absolute Gasteiger partial charge is 0.461 e. The van der Waals surface area contributed by atoms with Gasteiger partial charge in [-0.3, -0.25) is 14.2 Å². The molecule has 0 radical (unpaired) electrons. The fraction of sp³-hybridized carbons (Fsp3) is 0.231. The number of thioether (sulfide) groups is 1. The number of hydrogen-bond acceptors (Lipinski definition) is 6. The number of likely N-dealkylation sites (N-methyl/N-ethyl adjacent to an activating group) is 1. The zero-order valence-electron chi connectivity index (χ0n) is 19.9. The van der Waals surface area contributed by atoms with E-state index >= 15 is 0 Å². The molecular formula is C26H27N5O3S. The van der Waals surface area contributed by atoms with Gasteiger partial charge in [-0.25, -0.2) is 0 Å². The summed E-state index contributed by atoms with van der Waals surface area (Å²) >= 11 is 1.28. The predicted octanol–water partition coefficient (Wildman–Crippen LogP) is 4.39. The molecule has 35 heavy (non-hydrogen) atoms. The highest BCUT2D eigenvalue weighted by molar-refractivity contribution is 7.99. The van der Waals surface area contributed by atoms with Crippen molar-refractivity contribution in [2.75, 3.05) is 24.7 Å². The lowest BCUT2D eigenvalue weighted by Crippen LogP contribution is -2.36. The Balaban J connectivity index is 1.40. The van der Waals surface area contributed by atoms with Crippen LogP contribution in [-0.2, 0) is 16.1 Å². The number of hydrogen-bond donors (Lipinski definition) is 1. The summed E-state index contributed by atoms with van der Waals surface area (Å²) in [7, 11) is 1.62. The molecule has 180 valence electrons. The minimum Gasteiger partial charge on any atom is -0.461 e. The lowest BCUT2D eigenvalue weighted by atomic mass is 10.1. The average Bonchev–Trinajstić information content (AvgIpc) is 3.51. The van der Waals surface area contributed by atoms with Gasteiger partial charge >= 0.3 is 0 Å². The summed E-state index contributed by atoms with van der Waals surface area (Å²) in [4.78, 5) is 26.7. The van der Waals surface area contributed by atoms with E-state index in [1.807, 2.05) is 73.0 Å². The molecule has 0 saturated heterocycles. The van der Waals surface area contributed by atoms with E-state index in [0.29, 0.717) is 23.3 Å². The summed E-state index contributed by atoms with van der Waals surface area (Å²) in [6.07, 6.45) is 1.59. The van der Waals surface area contributed by atoms with Crippen LogP contribution >= 0.6 is 11.8 Å². The highest BCUT2D eigenvalue weighted by atomic mass is 32.2. The molecule has 9 heteroatoms. The van der Waals surface area contributed by atoms with E-state index in [4.69, 9.17) is 4.42 Å². The Kier molecular flexibility index (Phi) is 7.67. The number of benzene rings is 2. The summed E-state index contributed by atoms with van der Waals surface area (Å²) in [6, 6.07) is 19.3. The molecule has 0 spiro atoms. The molecule has 0 aliphatic carbocycles. The molecule has 8 nitrogen and oxygen atoms in total. The van der Waals surface area contributed by atoms with Crippen molar-refractivity contribution in [1.82, 2.24) is 19.7 Å². The van der Waals surface area contributed by atoms with Crippen LogP contribution in [0.25, 0.3) is 11.6 Å². The average molecular weight is 490 g/mol. The number of anilines is 1. The Morgan fingerprint density at radius 3 is 2.57 bits per heavy atom. The zero-order valence-corrected chi connectivity index (χ0v) is 20.7. The first kappa shape index (κ1) is 24.3. The second-order valence-electron chi connectivity index (χ2n) is 8.19. The molecule has 1 N–H and O–H groups in total. The Labute approximate surface area is 208 Å². The number of amides is 2. The summed E-state index contributed by atoms with van der Waals surface area (Å²) in [5, 5.41) is 12.1. The van der Waals surface area contributed by atoms with Gasteiger partial charge < -0.3 is 14.6 Å². The van der Waals surface area contributed by atoms with Gasteiger partial charge in [-0.1, -0.05) is 54.2 Å². The van der Waals surface area contributed by atoms with Crippen molar-refractivity contribution in [1.29, 1.82) is 0 Å². The molecule has 2 heterocycles. The van der Waals surface area contributed by atoms with Crippen molar-refractivity contribution in [2.45, 2.75) is 25.5 Å². The number of carbonyl (C=O) groups is 2. The number of carbonyl (C=O) groups excluding carboxylic acids is 2. The third kappa shape index (κ3) is 5.99. The van der Waals surface area contributed by atoms with Crippen LogP contribution in [0, 0.1) is 13.8 Å². The van der Waals surface area contributed by atoms with Crippen molar-refractivity contribution in [3.63, 3.8) is 0 Å². The maximum absolute atomic E-state index is 12.8. The van der Waals surface area contributed by atoms with Crippen LogP contribution in [0.4, 0.5) is 5.69 Å². The monoisotopic (exact) mass is 489 g/mol. The molecule has 2 amide bonds. The number of aryl methyl sites for hydroxylation is 1. The van der Waals surface area contributed by atoms with E-state index < -0.39 is 0 Å². The normalized spacial score (nSPS) is 10.8. The molecule has 0 bridgehead atoms. The van der Waals surface area contributed by atoms with Crippen LogP contribution in [0.1, 0.15) is 16.7 Å². The van der Waals surface area contributed by atoms with E-state index in [9.17, 15) is 9.59 Å². The van der Waals surface area contributed by atoms with Gasteiger partial charge in [-0.15, -0.1) is 10.2 Å². The van der Waals surface area contributed by atoms with Crippen molar-refractivity contribution in [3.05, 3.63) is 83.6 Å². The van der Waals surface area contributed by atoms with Gasteiger partial charge in [-0.05, 0) is 48.7 Å². The SMILES string of the molecule is Cc1cccc(NC(=O)CN(C)C(=O)CSc2nnc(-c3ccco3)n2Cc2ccccc2)c1C. The molecule has 2 aromatic carbocycles. The van der Waals surface area contributed by atoms with Crippen LogP contribution in [-0.4, -0.2) is 50.8 Å². The Bertz CT molecular complexity index is 1300. The minimum absolute atomic E-state index is 0.0405. The van der Waals surface area contributed by atoms with Gasteiger partial charge in [0.05, 0.1) is 25.1 Å². The van der Waals surface area contributed by atoms with Gasteiger partial charge in [0.25, 0.3) is 0 Å². The highest BCUT2D eigenvalue weighted by Crippen LogP contribution is 2.26. The fourth-order valence-electron chi connectivity index (χ4n) is 3.51. The van der Waals surface area contributed by atoms with E-state index in [1.165, 1.54) is 16.7 Å². The lowest BCUT2D eigenvalue weighted by Gasteiger charge is -2.17. The zero-order chi connectivity index (χ0) is 24.8. The van der Waals surface area contributed by atoms with Gasteiger partial charge in [0.2, 0.25) is 17.6 Å². The standard InChI is InChI=1S/C26H27N5O3S/c1-18-9-7-12-21(19(18)2)27-23(32)16-30(3)24(33)17-35-26-29-28-25(22-13-8-14-34-22)31(26)15-20-10-5-4-6-11-20/h4-14H,15-17H2,1-3H3,(H,27,32). The molecule has 4 aromatic rings. The number of nitrogens with zero attached hydrogens (tertiary/aromatic N) is 4. The van der Waals surface area contributed by atoms with Gasteiger partial charge in [-0.2, -0.15) is 0 Å². The summed E-state index contributed by atoms with van der Waals surface area (Å²) in [5.74, 6) is 0.895. The molecule has 0 atom stereocenters. The topological polar surface area (TPSA) is 93.3 Å². The quantitative estimate of drug-likeness (QED) is 0.351. The molecule has 0 fully saturated rings. The fourth-order valence-corrected chi connectivity index (χ4v) is 4.39. The number of nitrogens with one attached hydrogen (secondary N) is 1. The molecule has 4 rings (SSSR count). The molecular weight excluding hydrogens is 462 g/mol. The van der Waals surface area contributed by atoms with Crippen LogP contribution in [0.3, 0.4) is 0 Å². The predicted molar refractivity (Wildman–Crippen MR) is 136 cm³/mol. The summed E-state index contributed by atoms with van der Waals surface area (Å²) in [6.45, 7) is 4.44. The van der Waals surface area contributed by atoms with Crippen molar-refractivity contribution < 1.29 is 14.0 Å². The molecule has 2 aromatic heterocycles. The van der Waals surface area contributed by atoms with Crippen molar-refractivity contribution in [3.8, 4) is 11.6 Å². The number of rotatable bonds is 9. The molecule has 0 saturated carbocycles. The van der Waals surface area contributed by atoms with E-state index in [-0.39, 0.29) is 24.1 Å². The van der Waals surface area contributed by atoms with E-state index in [1.54, 1.807) is 19.4 Å². The minimum atomic E-state index is -0.244. The first-order valence-corrected chi connectivity index (χ1v) is 12.1. The maximum Gasteiger partial charge on any atom is 0.243 e. The Hall–Kier alpha value is -3.85. The molecule has 0 aliphatic rings. The first-order chi connectivity index (χ1) is 16.9. The highest BCUT2D eigenvalue weighted by Gasteiger charge is 2.20. The first-order valence-electron chi connectivity index (χ1n) is 11.2. The smallest absolute Gasteiger partial charge is 0.243 e. The second-order valence-corrected chi connectivity index (χ2v) is 9.13. The van der Waals surface area contributed by atoms with Crippen molar-refractivity contribution >= 4 is 29.3 Å². The summed E-state index contributed by atoms with van der Waals surface area (Å²) in [5.41, 5.74) is 3.94. The Morgan fingerprint density at radius 2 is 1.83 bits per heavy atom. The van der Waals surface area contributed by atoms with Gasteiger partial charge in [0.1, 0.15) is 0 Å². The lowest BCUT2D eigenvalue weighted by molar-refractivity contribution is -0.131. The van der Waals surface area contributed by atoms with E-state index in [0.717, 1.165) is 22.4 Å². The Morgan fingerprint density at radius 1 is 1.03 bits per heavy atom. The van der Waals surface area contributed by atoms with Crippen LogP contribution < -0.4 is 5.32 Å². The van der Waals surface area contributed by atoms with Crippen LogP contribution in [0.5, 0.6) is 0 Å². The number of aromatic nitrogens is 3.